The molecule has 0 aliphatic heterocycles. The summed E-state index contributed by atoms with van der Waals surface area (Å²) in [4.78, 5) is 47.5. The lowest BCUT2D eigenvalue weighted by molar-refractivity contribution is -0.169. The van der Waals surface area contributed by atoms with Gasteiger partial charge in [-0.2, -0.15) is 0 Å². The Morgan fingerprint density at radius 2 is 1.63 bits per heavy atom. The van der Waals surface area contributed by atoms with Crippen molar-refractivity contribution in [3.8, 4) is 0 Å². The van der Waals surface area contributed by atoms with E-state index >= 15 is 0 Å². The highest BCUT2D eigenvalue weighted by Crippen LogP contribution is 2.18. The number of methoxy groups -OCH3 is 1. The molecule has 0 aromatic heterocycles. The zero-order valence-electron chi connectivity index (χ0n) is 19.3. The van der Waals surface area contributed by atoms with Crippen LogP contribution in [0.1, 0.15) is 40.0 Å². The molecule has 0 spiro atoms. The average molecular weight is 444 g/mol. The molecule has 0 rings (SSSR count). The van der Waals surface area contributed by atoms with Gasteiger partial charge in [0.05, 0.1) is 13.7 Å². The van der Waals surface area contributed by atoms with Gasteiger partial charge in [0, 0.05) is 26.8 Å². The van der Waals surface area contributed by atoms with Crippen LogP contribution in [0.5, 0.6) is 0 Å². The molecule has 0 radical (unpaired) electrons. The predicted molar refractivity (Wildman–Crippen MR) is 116 cm³/mol. The lowest BCUT2D eigenvalue weighted by Gasteiger charge is -2.23. The smallest absolute Gasteiger partial charge is 0.330 e. The highest BCUT2D eigenvalue weighted by Gasteiger charge is 2.32. The number of carbonyl (C=O) groups is 4. The first-order valence-electron chi connectivity index (χ1n) is 10.2. The number of rotatable bonds is 12. The van der Waals surface area contributed by atoms with Crippen LogP contribution in [0.3, 0.4) is 0 Å². The zero-order chi connectivity index (χ0) is 23.4. The summed E-state index contributed by atoms with van der Waals surface area (Å²) in [6.45, 7) is 12.4. The average Bonchev–Trinajstić information content (AvgIpc) is 2.59. The van der Waals surface area contributed by atoms with Gasteiger partial charge in [-0.1, -0.05) is 26.1 Å². The fourth-order valence-corrected chi connectivity index (χ4v) is 2.93. The van der Waals surface area contributed by atoms with Crippen LogP contribution in [0.4, 0.5) is 0 Å². The molecule has 30 heavy (non-hydrogen) atoms. The molecule has 0 fully saturated rings. The summed E-state index contributed by atoms with van der Waals surface area (Å²) in [5, 5.41) is 2.62. The van der Waals surface area contributed by atoms with Crippen LogP contribution in [-0.4, -0.2) is 57.8 Å². The van der Waals surface area contributed by atoms with E-state index in [1.807, 2.05) is 0 Å². The molecule has 0 saturated carbocycles. The number of ether oxygens (including phenoxy) is 3. The third-order valence-corrected chi connectivity index (χ3v) is 5.57. The van der Waals surface area contributed by atoms with Gasteiger partial charge in [-0.3, -0.25) is 14.4 Å². The van der Waals surface area contributed by atoms with Crippen molar-refractivity contribution in [3.05, 3.63) is 12.2 Å². The number of carbonyl (C=O) groups excluding carboxylic acids is 4. The summed E-state index contributed by atoms with van der Waals surface area (Å²) < 4.78 is 15.1. The van der Waals surface area contributed by atoms with Crippen LogP contribution < -0.4 is 5.32 Å². The summed E-state index contributed by atoms with van der Waals surface area (Å²) in [6.07, 6.45) is 3.47. The number of unbranched alkanes of at least 4 members (excludes halogenated alkanes) is 1. The van der Waals surface area contributed by atoms with Crippen molar-refractivity contribution in [2.24, 2.45) is 5.92 Å². The lowest BCUT2D eigenvalue weighted by Crippen LogP contribution is -2.34. The van der Waals surface area contributed by atoms with Crippen LogP contribution in [0.15, 0.2) is 12.2 Å². The number of hydrogen-bond donors (Lipinski definition) is 1. The minimum absolute atomic E-state index is 0.272. The Kier molecular flexibility index (Phi) is 12.3. The van der Waals surface area contributed by atoms with Crippen molar-refractivity contribution < 1.29 is 33.4 Å². The van der Waals surface area contributed by atoms with E-state index in [0.717, 1.165) is 18.2 Å². The van der Waals surface area contributed by atoms with Crippen molar-refractivity contribution in [2.75, 3.05) is 20.3 Å². The maximum absolute atomic E-state index is 12.5. The minimum atomic E-state index is -1.36. The second kappa shape index (κ2) is 13.2. The van der Waals surface area contributed by atoms with Crippen molar-refractivity contribution in [1.82, 2.24) is 5.32 Å². The van der Waals surface area contributed by atoms with E-state index in [-0.39, 0.29) is 6.42 Å². The van der Waals surface area contributed by atoms with Gasteiger partial charge in [0.25, 0.3) is 0 Å². The van der Waals surface area contributed by atoms with Gasteiger partial charge in [0.2, 0.25) is 5.91 Å². The molecule has 172 valence electrons. The largest absolute Gasteiger partial charge is 0.466 e. The molecule has 0 aliphatic rings. The number of esters is 3. The molecule has 0 heterocycles. The fraction of sp³-hybridized carbons (Fsp3) is 0.714. The Labute approximate surface area is 180 Å². The molecule has 1 amide bonds. The Bertz CT molecular complexity index is 618. The van der Waals surface area contributed by atoms with Gasteiger partial charge >= 0.3 is 17.9 Å². The monoisotopic (exact) mass is 443 g/mol. The normalized spacial score (nSPS) is 12.9. The standard InChI is InChI=1S/C21H37NO7Si/c1-21(2,3)29-20(26)16(19(25)28-14-15-30(5,6)7)10-8-9-13-22-17(23)11-12-18(24)27-4/h11-12,16H,8-10,13-15H2,1-7H3,(H,22,23)/t16-/m0/s1. The number of hydrogen-bond acceptors (Lipinski definition) is 7. The van der Waals surface area contributed by atoms with E-state index in [1.165, 1.54) is 7.11 Å². The van der Waals surface area contributed by atoms with Crippen LogP contribution >= 0.6 is 0 Å². The van der Waals surface area contributed by atoms with E-state index in [9.17, 15) is 19.2 Å². The minimum Gasteiger partial charge on any atom is -0.466 e. The van der Waals surface area contributed by atoms with Crippen LogP contribution in [0, 0.1) is 5.92 Å². The van der Waals surface area contributed by atoms with Gasteiger partial charge in [-0.15, -0.1) is 0 Å². The van der Waals surface area contributed by atoms with Gasteiger partial charge in [-0.05, 0) is 39.7 Å². The fourth-order valence-electron chi connectivity index (χ4n) is 2.22. The molecular formula is C21H37NO7Si. The summed E-state index contributed by atoms with van der Waals surface area (Å²) in [6, 6.07) is 0.824. The summed E-state index contributed by atoms with van der Waals surface area (Å²) in [5.41, 5.74) is -0.701. The molecule has 9 heteroatoms. The van der Waals surface area contributed by atoms with Gasteiger partial charge in [0.15, 0.2) is 5.92 Å². The summed E-state index contributed by atoms with van der Waals surface area (Å²) in [5.74, 6) is -3.17. The quantitative estimate of drug-likeness (QED) is 0.123. The summed E-state index contributed by atoms with van der Waals surface area (Å²) in [7, 11) is -0.132. The first-order valence-corrected chi connectivity index (χ1v) is 13.9. The molecule has 0 bridgehead atoms. The van der Waals surface area contributed by atoms with E-state index in [1.54, 1.807) is 20.8 Å². The molecule has 0 saturated heterocycles. The second-order valence-electron chi connectivity index (χ2n) is 9.21. The van der Waals surface area contributed by atoms with Crippen molar-refractivity contribution in [1.29, 1.82) is 0 Å². The van der Waals surface area contributed by atoms with Crippen LogP contribution in [0.2, 0.25) is 25.7 Å². The molecule has 0 aromatic rings. The Hall–Kier alpha value is -2.16. The molecule has 1 atom stereocenters. The van der Waals surface area contributed by atoms with E-state index in [4.69, 9.17) is 9.47 Å². The number of nitrogens with one attached hydrogen (secondary N) is 1. The maximum Gasteiger partial charge on any atom is 0.330 e. The maximum atomic E-state index is 12.5. The molecule has 8 nitrogen and oxygen atoms in total. The SMILES string of the molecule is COC(=O)C=CC(=O)NCCCC[C@@H](C(=O)OCC[Si](C)(C)C)C(=O)OC(C)(C)C. The highest BCUT2D eigenvalue weighted by atomic mass is 28.3. The first kappa shape index (κ1) is 27.8. The van der Waals surface area contributed by atoms with E-state index in [2.05, 4.69) is 29.7 Å². The first-order chi connectivity index (χ1) is 13.7. The highest BCUT2D eigenvalue weighted by molar-refractivity contribution is 6.76. The third-order valence-electron chi connectivity index (χ3n) is 3.86. The predicted octanol–water partition coefficient (Wildman–Crippen LogP) is 2.84. The van der Waals surface area contributed by atoms with E-state index < -0.39 is 43.4 Å². The zero-order valence-corrected chi connectivity index (χ0v) is 20.3. The third kappa shape index (κ3) is 14.8. The van der Waals surface area contributed by atoms with Crippen LogP contribution in [0.25, 0.3) is 0 Å². The van der Waals surface area contributed by atoms with Gasteiger partial charge in [0.1, 0.15) is 5.60 Å². The topological polar surface area (TPSA) is 108 Å². The van der Waals surface area contributed by atoms with Crippen LogP contribution in [-0.2, 0) is 33.4 Å². The number of amides is 1. The molecule has 0 aliphatic carbocycles. The Morgan fingerprint density at radius 1 is 1.00 bits per heavy atom. The van der Waals surface area contributed by atoms with Crippen molar-refractivity contribution in [2.45, 2.75) is 71.3 Å². The molecular weight excluding hydrogens is 406 g/mol. The Balaban J connectivity index is 4.62. The second-order valence-corrected chi connectivity index (χ2v) is 14.8. The molecule has 0 aromatic carbocycles. The van der Waals surface area contributed by atoms with Gasteiger partial charge in [-0.25, -0.2) is 4.79 Å². The summed E-state index contributed by atoms with van der Waals surface area (Å²) >= 11 is 0. The van der Waals surface area contributed by atoms with Gasteiger partial charge < -0.3 is 19.5 Å². The van der Waals surface area contributed by atoms with Crippen molar-refractivity contribution >= 4 is 31.9 Å². The van der Waals surface area contributed by atoms with Crippen molar-refractivity contribution in [3.63, 3.8) is 0 Å². The molecule has 0 unspecified atom stereocenters. The van der Waals surface area contributed by atoms with E-state index in [0.29, 0.717) is 26.0 Å². The Morgan fingerprint density at radius 3 is 2.17 bits per heavy atom. The lowest BCUT2D eigenvalue weighted by atomic mass is 10.0. The molecule has 1 N–H and O–H groups in total.